The van der Waals surface area contributed by atoms with Crippen LogP contribution in [0.3, 0.4) is 0 Å². The number of hydrogen-bond donors (Lipinski definition) is 0. The Morgan fingerprint density at radius 2 is 0.685 bits per heavy atom. The lowest BCUT2D eigenvalue weighted by Gasteiger charge is -2.20. The van der Waals surface area contributed by atoms with Gasteiger partial charge < -0.3 is 5.53 Å². The molecule has 302 valence electrons. The fraction of sp³-hybridized carbons (Fsp3) is 0.692. The lowest BCUT2D eigenvalue weighted by molar-refractivity contribution is -0.344. The van der Waals surface area contributed by atoms with Gasteiger partial charge in [0.1, 0.15) is 0 Å². The second-order valence-electron chi connectivity index (χ2n) is 16.8. The average molecular weight is 737 g/mol. The summed E-state index contributed by atoms with van der Waals surface area (Å²) < 4.78 is 1.64. The second kappa shape index (κ2) is 27.2. The van der Waals surface area contributed by atoms with Gasteiger partial charge in [0.25, 0.3) is 0 Å². The molecule has 1 aliphatic rings. The number of rotatable bonds is 31. The molecule has 2 aromatic carbocycles. The van der Waals surface area contributed by atoms with Crippen molar-refractivity contribution in [3.05, 3.63) is 86.0 Å². The molecule has 54 heavy (non-hydrogen) atoms. The van der Waals surface area contributed by atoms with Crippen LogP contribution in [-0.2, 0) is 38.5 Å². The summed E-state index contributed by atoms with van der Waals surface area (Å²) in [6, 6.07) is 10.0. The lowest BCUT2D eigenvalue weighted by Crippen LogP contribution is -2.09. The van der Waals surface area contributed by atoms with Crippen molar-refractivity contribution in [2.24, 2.45) is 0 Å². The van der Waals surface area contributed by atoms with E-state index in [0.717, 1.165) is 43.5 Å². The quantitative estimate of drug-likeness (QED) is 0.0544. The third-order valence-electron chi connectivity index (χ3n) is 12.1. The highest BCUT2D eigenvalue weighted by molar-refractivity contribution is 5.79. The summed E-state index contributed by atoms with van der Waals surface area (Å²) in [4.78, 5) is 0. The summed E-state index contributed by atoms with van der Waals surface area (Å²) in [5.41, 5.74) is 27.8. The van der Waals surface area contributed by atoms with E-state index in [1.807, 2.05) is 0 Å². The highest BCUT2D eigenvalue weighted by Gasteiger charge is 2.31. The second-order valence-corrected chi connectivity index (χ2v) is 16.8. The molecule has 0 fully saturated rings. The van der Waals surface area contributed by atoms with Crippen molar-refractivity contribution in [1.82, 2.24) is 0 Å². The van der Waals surface area contributed by atoms with Gasteiger partial charge in [-0.2, -0.15) is 0 Å². The average Bonchev–Trinajstić information content (AvgIpc) is 3.50. The fourth-order valence-electron chi connectivity index (χ4n) is 8.78. The van der Waals surface area contributed by atoms with Gasteiger partial charge >= 0.3 is 0 Å². The van der Waals surface area contributed by atoms with E-state index in [9.17, 15) is 5.53 Å². The smallest absolute Gasteiger partial charge is 0.210 e. The molecule has 0 atom stereocenters. The van der Waals surface area contributed by atoms with Crippen molar-refractivity contribution >= 4 is 11.4 Å². The third kappa shape index (κ3) is 14.5. The molecule has 0 unspecified atom stereocenters. The van der Waals surface area contributed by atoms with Crippen molar-refractivity contribution in [3.8, 4) is 0 Å². The van der Waals surface area contributed by atoms with Crippen molar-refractivity contribution in [1.29, 1.82) is 0 Å². The van der Waals surface area contributed by atoms with Crippen LogP contribution in [0.15, 0.2) is 35.9 Å². The molecular weight excluding hydrogens is 653 g/mol. The molecule has 3 rings (SSSR count). The zero-order valence-electron chi connectivity index (χ0n) is 36.8. The Labute approximate surface area is 335 Å². The number of hydrogen-bond acceptors (Lipinski definition) is 0. The SMILES string of the molecule is CCCCCCC1=C(c2cc(CCCCC)c(CCCCC)c(CCCCC)c2)[N+](=[N-])C(c2cc(CCCCC)c(CCCCC)c(CCCCC)c2)=C1. The number of unbranched alkanes of at least 4 members (excludes halogenated alkanes) is 15. The monoisotopic (exact) mass is 737 g/mol. The summed E-state index contributed by atoms with van der Waals surface area (Å²) in [6.07, 6.45) is 38.1. The van der Waals surface area contributed by atoms with Crippen LogP contribution < -0.4 is 0 Å². The van der Waals surface area contributed by atoms with E-state index in [-0.39, 0.29) is 0 Å². The molecule has 0 spiro atoms. The molecule has 2 nitrogen and oxygen atoms in total. The minimum absolute atomic E-state index is 0.996. The topological polar surface area (TPSA) is 25.3 Å². The molecule has 0 saturated heterocycles. The van der Waals surface area contributed by atoms with Crippen LogP contribution in [0.1, 0.15) is 241 Å². The largest absolute Gasteiger partial charge is 0.493 e. The van der Waals surface area contributed by atoms with Gasteiger partial charge in [-0.3, -0.25) is 0 Å². The van der Waals surface area contributed by atoms with E-state index in [0.29, 0.717) is 0 Å². The van der Waals surface area contributed by atoms with E-state index in [4.69, 9.17) is 0 Å². The lowest BCUT2D eigenvalue weighted by atomic mass is 9.87. The summed E-state index contributed by atoms with van der Waals surface area (Å²) in [5, 5.41) is 0. The normalized spacial score (nSPS) is 13.1. The number of allylic oxidation sites excluding steroid dienone is 2. The number of aryl methyl sites for hydroxylation is 4. The van der Waals surface area contributed by atoms with Crippen molar-refractivity contribution < 1.29 is 4.70 Å². The molecule has 0 aliphatic carbocycles. The van der Waals surface area contributed by atoms with Gasteiger partial charge in [-0.05, 0) is 148 Å². The highest BCUT2D eigenvalue weighted by Crippen LogP contribution is 2.40. The Balaban J connectivity index is 2.20. The van der Waals surface area contributed by atoms with Crippen LogP contribution in [0.2, 0.25) is 0 Å². The fourth-order valence-corrected chi connectivity index (χ4v) is 8.78. The van der Waals surface area contributed by atoms with E-state index in [2.05, 4.69) is 78.8 Å². The molecule has 1 heterocycles. The van der Waals surface area contributed by atoms with Crippen molar-refractivity contribution in [2.45, 2.75) is 235 Å². The minimum atomic E-state index is 0.996. The summed E-state index contributed by atoms with van der Waals surface area (Å²) in [7, 11) is 0. The van der Waals surface area contributed by atoms with Gasteiger partial charge in [-0.15, -0.1) is 0 Å². The maximum Gasteiger partial charge on any atom is 0.210 e. The van der Waals surface area contributed by atoms with Crippen molar-refractivity contribution in [3.63, 3.8) is 0 Å². The first kappa shape index (κ1) is 45.9. The zero-order valence-corrected chi connectivity index (χ0v) is 36.8. The zero-order chi connectivity index (χ0) is 39.0. The molecule has 0 bridgehead atoms. The number of nitrogens with zero attached hydrogens (tertiary/aromatic N) is 2. The maximum atomic E-state index is 12.5. The standard InChI is InChI=1S/C52H84N2/c1-8-15-22-29-34-46-41-51(47-37-42(30-23-16-9-2)49(35-27-20-13-6)43(38-47)31-24-17-10-3)54(53)52(46)48-39-44(32-25-18-11-4)50(36-28-21-14-7)45(40-48)33-26-19-12-5/h37-41H,8-36H2,1-7H3. The van der Waals surface area contributed by atoms with Gasteiger partial charge in [0.2, 0.25) is 11.4 Å². The molecule has 0 saturated carbocycles. The van der Waals surface area contributed by atoms with Gasteiger partial charge in [0, 0.05) is 22.8 Å². The molecule has 1 aliphatic heterocycles. The molecule has 0 amide bonds. The van der Waals surface area contributed by atoms with Crippen molar-refractivity contribution in [2.75, 3.05) is 0 Å². The molecular formula is C52H84N2. The van der Waals surface area contributed by atoms with Gasteiger partial charge in [0.15, 0.2) is 0 Å². The Morgan fingerprint density at radius 1 is 0.370 bits per heavy atom. The molecule has 2 heteroatoms. The molecule has 2 aromatic rings. The van der Waals surface area contributed by atoms with E-state index in [1.165, 1.54) is 171 Å². The van der Waals surface area contributed by atoms with Crippen LogP contribution in [0, 0.1) is 0 Å². The van der Waals surface area contributed by atoms with E-state index >= 15 is 0 Å². The Hall–Kier alpha value is -2.48. The first-order valence-corrected chi connectivity index (χ1v) is 23.7. The van der Waals surface area contributed by atoms with Crippen LogP contribution in [0.25, 0.3) is 16.9 Å². The van der Waals surface area contributed by atoms with Gasteiger partial charge in [0.05, 0.1) is 0 Å². The van der Waals surface area contributed by atoms with E-state index < -0.39 is 0 Å². The van der Waals surface area contributed by atoms with Crippen LogP contribution in [0.5, 0.6) is 0 Å². The minimum Gasteiger partial charge on any atom is -0.493 e. The van der Waals surface area contributed by atoms with Crippen LogP contribution in [-0.4, -0.2) is 4.70 Å². The maximum absolute atomic E-state index is 12.5. The summed E-state index contributed by atoms with van der Waals surface area (Å²) in [5.74, 6) is 0. The number of benzene rings is 2. The Bertz CT molecular complexity index is 1380. The summed E-state index contributed by atoms with van der Waals surface area (Å²) >= 11 is 0. The molecule has 0 N–H and O–H groups in total. The first-order chi connectivity index (χ1) is 26.5. The molecule has 0 aromatic heterocycles. The predicted molar refractivity (Wildman–Crippen MR) is 240 cm³/mol. The van der Waals surface area contributed by atoms with Gasteiger partial charge in [-0.1, -0.05) is 145 Å². The predicted octanol–water partition coefficient (Wildman–Crippen LogP) is 16.9. The molecule has 0 radical (unpaired) electrons. The van der Waals surface area contributed by atoms with E-state index in [1.54, 1.807) is 38.1 Å². The van der Waals surface area contributed by atoms with Crippen LogP contribution >= 0.6 is 0 Å². The highest BCUT2D eigenvalue weighted by atomic mass is 15.2. The Kier molecular flexibility index (Phi) is 23.1. The Morgan fingerprint density at radius 3 is 1.06 bits per heavy atom. The van der Waals surface area contributed by atoms with Crippen LogP contribution in [0.4, 0.5) is 0 Å². The summed E-state index contributed by atoms with van der Waals surface area (Å²) in [6.45, 7) is 16.2. The third-order valence-corrected chi connectivity index (χ3v) is 12.1. The first-order valence-electron chi connectivity index (χ1n) is 23.7. The van der Waals surface area contributed by atoms with Gasteiger partial charge in [-0.25, -0.2) is 4.70 Å².